The van der Waals surface area contributed by atoms with Crippen molar-refractivity contribution in [2.45, 2.75) is 81.4 Å². The third kappa shape index (κ3) is 9.40. The van der Waals surface area contributed by atoms with Gasteiger partial charge in [0.05, 0.1) is 18.7 Å². The first kappa shape index (κ1) is 31.4. The van der Waals surface area contributed by atoms with Crippen LogP contribution < -0.4 is 21.3 Å². The molecule has 1 aliphatic rings. The molecular weight excluding hydrogens is 492 g/mol. The van der Waals surface area contributed by atoms with Crippen molar-refractivity contribution < 1.29 is 49.8 Å². The van der Waals surface area contributed by atoms with Gasteiger partial charge in [0.15, 0.2) is 5.79 Å². The van der Waals surface area contributed by atoms with Crippen molar-refractivity contribution in [2.75, 3.05) is 25.7 Å². The normalized spacial score (nSPS) is 29.1. The van der Waals surface area contributed by atoms with Crippen molar-refractivity contribution in [2.24, 2.45) is 0 Å². The number of amides is 2. The number of ether oxygens (including phenoxy) is 1. The number of aliphatic hydroxyl groups excluding tert-OH is 4. The van der Waals surface area contributed by atoms with Crippen molar-refractivity contribution in [3.63, 3.8) is 0 Å². The monoisotopic (exact) mass is 528 g/mol. The van der Waals surface area contributed by atoms with Gasteiger partial charge in [-0.25, -0.2) is 0 Å². The van der Waals surface area contributed by atoms with Gasteiger partial charge in [0.2, 0.25) is 11.8 Å². The van der Waals surface area contributed by atoms with E-state index in [9.17, 15) is 39.9 Å². The standard InChI is InChI=1S/C20H37ClN4O10/c1-10(17(30)25-11(2)19(32)33)24-18(31)12(23-9-21)4-3-6-22-7-5-20(34)16(29)15(28)14(27)13(8-26)35-20/h10-16,22-23,26-29,34H,3-9H2,1-2H3,(H,24,31)(H,25,30)(H,32,33)/t10-,11-,12-,13+,14-,15-,16+,20?/m0/s1. The lowest BCUT2D eigenvalue weighted by Gasteiger charge is -2.45. The van der Waals surface area contributed by atoms with E-state index in [2.05, 4.69) is 21.3 Å². The number of hydrogen-bond donors (Lipinski definition) is 10. The summed E-state index contributed by atoms with van der Waals surface area (Å²) in [7, 11) is 0. The fraction of sp³-hybridized carbons (Fsp3) is 0.850. The summed E-state index contributed by atoms with van der Waals surface area (Å²) in [5, 5.41) is 68.8. The molecule has 0 saturated carbocycles. The van der Waals surface area contributed by atoms with Gasteiger partial charge < -0.3 is 51.3 Å². The molecule has 1 aliphatic heterocycles. The van der Waals surface area contributed by atoms with Crippen LogP contribution in [0.5, 0.6) is 0 Å². The number of carbonyl (C=O) groups is 3. The Morgan fingerprint density at radius 1 is 1.03 bits per heavy atom. The summed E-state index contributed by atoms with van der Waals surface area (Å²) in [5.41, 5.74) is 0. The molecule has 0 radical (unpaired) electrons. The molecule has 0 aromatic heterocycles. The van der Waals surface area contributed by atoms with Crippen LogP contribution in [0.2, 0.25) is 0 Å². The zero-order valence-corrected chi connectivity index (χ0v) is 20.4. The van der Waals surface area contributed by atoms with Gasteiger partial charge in [0, 0.05) is 13.0 Å². The molecule has 204 valence electrons. The maximum atomic E-state index is 12.5. The quantitative estimate of drug-likeness (QED) is 0.0559. The number of halogens is 1. The SMILES string of the molecule is C[C@H](NC(=O)[C@H](C)NC(=O)[C@H](CCCNCCC1(O)O[C@H](CO)[C@H](O)[C@H](O)[C@H]1O)NCCl)C(=O)O. The van der Waals surface area contributed by atoms with E-state index in [1.807, 2.05) is 0 Å². The molecule has 0 aliphatic carbocycles. The fourth-order valence-corrected chi connectivity index (χ4v) is 3.64. The minimum Gasteiger partial charge on any atom is -0.480 e. The van der Waals surface area contributed by atoms with Crippen LogP contribution in [0.25, 0.3) is 0 Å². The molecule has 2 amide bonds. The molecule has 0 aromatic rings. The van der Waals surface area contributed by atoms with Gasteiger partial charge in [-0.3, -0.25) is 19.7 Å². The molecule has 1 rings (SSSR count). The van der Waals surface area contributed by atoms with Crippen molar-refractivity contribution in [1.29, 1.82) is 0 Å². The Labute approximate surface area is 208 Å². The number of carboxylic acids is 1. The van der Waals surface area contributed by atoms with E-state index in [4.69, 9.17) is 21.4 Å². The summed E-state index contributed by atoms with van der Waals surface area (Å²) in [6.45, 7) is 2.60. The van der Waals surface area contributed by atoms with Gasteiger partial charge in [0.25, 0.3) is 0 Å². The number of rotatable bonds is 15. The van der Waals surface area contributed by atoms with E-state index < -0.39 is 72.7 Å². The van der Waals surface area contributed by atoms with Gasteiger partial charge in [-0.15, -0.1) is 11.6 Å². The largest absolute Gasteiger partial charge is 0.480 e. The molecule has 0 spiro atoms. The Morgan fingerprint density at radius 3 is 2.23 bits per heavy atom. The van der Waals surface area contributed by atoms with Gasteiger partial charge >= 0.3 is 5.97 Å². The van der Waals surface area contributed by atoms with E-state index in [1.54, 1.807) is 0 Å². The number of carboxylic acid groups (broad SMARTS) is 1. The molecule has 1 saturated heterocycles. The highest BCUT2D eigenvalue weighted by molar-refractivity contribution is 6.17. The predicted octanol–water partition coefficient (Wildman–Crippen LogP) is -3.84. The molecule has 1 unspecified atom stereocenters. The molecule has 1 fully saturated rings. The second-order valence-corrected chi connectivity index (χ2v) is 8.71. The predicted molar refractivity (Wildman–Crippen MR) is 122 cm³/mol. The zero-order chi connectivity index (χ0) is 26.8. The molecule has 14 nitrogen and oxygen atoms in total. The Hall–Kier alpha value is -1.62. The number of aliphatic hydroxyl groups is 5. The van der Waals surface area contributed by atoms with Crippen molar-refractivity contribution in [3.05, 3.63) is 0 Å². The highest BCUT2D eigenvalue weighted by Crippen LogP contribution is 2.30. The number of hydrogen-bond acceptors (Lipinski definition) is 11. The van der Waals surface area contributed by atoms with Gasteiger partial charge in [0.1, 0.15) is 36.5 Å². The smallest absolute Gasteiger partial charge is 0.325 e. The Morgan fingerprint density at radius 2 is 1.66 bits per heavy atom. The zero-order valence-electron chi connectivity index (χ0n) is 19.7. The molecule has 15 heteroatoms. The maximum Gasteiger partial charge on any atom is 0.325 e. The van der Waals surface area contributed by atoms with Gasteiger partial charge in [-0.1, -0.05) is 0 Å². The molecular formula is C20H37ClN4O10. The fourth-order valence-electron chi connectivity index (χ4n) is 3.45. The lowest BCUT2D eigenvalue weighted by molar-refractivity contribution is -0.350. The highest BCUT2D eigenvalue weighted by Gasteiger charge is 2.52. The summed E-state index contributed by atoms with van der Waals surface area (Å²) < 4.78 is 5.18. The van der Waals surface area contributed by atoms with Crippen molar-refractivity contribution in [1.82, 2.24) is 21.3 Å². The van der Waals surface area contributed by atoms with Crippen molar-refractivity contribution in [3.8, 4) is 0 Å². The highest BCUT2D eigenvalue weighted by atomic mass is 35.5. The van der Waals surface area contributed by atoms with Gasteiger partial charge in [-0.05, 0) is 33.2 Å². The van der Waals surface area contributed by atoms with Crippen LogP contribution in [0.15, 0.2) is 0 Å². The molecule has 1 heterocycles. The van der Waals surface area contributed by atoms with Crippen LogP contribution in [0.3, 0.4) is 0 Å². The van der Waals surface area contributed by atoms with Crippen LogP contribution in [0.1, 0.15) is 33.1 Å². The minimum absolute atomic E-state index is 0.0232. The van der Waals surface area contributed by atoms with Crippen LogP contribution >= 0.6 is 11.6 Å². The lowest BCUT2D eigenvalue weighted by atomic mass is 9.91. The number of carbonyl (C=O) groups excluding carboxylic acids is 2. The average Bonchev–Trinajstić information content (AvgIpc) is 2.81. The summed E-state index contributed by atoms with van der Waals surface area (Å²) in [4.78, 5) is 35.4. The first-order chi connectivity index (χ1) is 16.4. The third-order valence-corrected chi connectivity index (χ3v) is 5.83. The van der Waals surface area contributed by atoms with Crippen LogP contribution in [-0.2, 0) is 19.1 Å². The van der Waals surface area contributed by atoms with Crippen LogP contribution in [0.4, 0.5) is 0 Å². The van der Waals surface area contributed by atoms with E-state index in [1.165, 1.54) is 13.8 Å². The summed E-state index contributed by atoms with van der Waals surface area (Å²) in [6.07, 6.45) is -5.62. The van der Waals surface area contributed by atoms with E-state index in [0.717, 1.165) is 0 Å². The van der Waals surface area contributed by atoms with Crippen LogP contribution in [0, 0.1) is 0 Å². The summed E-state index contributed by atoms with van der Waals surface area (Å²) in [6, 6.07) is -2.83. The first-order valence-corrected chi connectivity index (χ1v) is 11.8. The van der Waals surface area contributed by atoms with Gasteiger partial charge in [-0.2, -0.15) is 0 Å². The Kier molecular flexibility index (Phi) is 13.3. The molecule has 0 bridgehead atoms. The van der Waals surface area contributed by atoms with E-state index >= 15 is 0 Å². The third-order valence-electron chi connectivity index (χ3n) is 5.68. The van der Waals surface area contributed by atoms with Crippen LogP contribution in [-0.4, -0.2) is 122 Å². The summed E-state index contributed by atoms with van der Waals surface area (Å²) >= 11 is 5.69. The lowest BCUT2D eigenvalue weighted by Crippen LogP contribution is -2.65. The Balaban J connectivity index is 2.45. The topological polar surface area (TPSA) is 230 Å². The minimum atomic E-state index is -2.17. The second kappa shape index (κ2) is 14.8. The van der Waals surface area contributed by atoms with E-state index in [0.29, 0.717) is 19.4 Å². The van der Waals surface area contributed by atoms with Crippen molar-refractivity contribution >= 4 is 29.4 Å². The summed E-state index contributed by atoms with van der Waals surface area (Å²) in [5.74, 6) is -4.52. The van der Waals surface area contributed by atoms with E-state index in [-0.39, 0.29) is 19.0 Å². The number of aliphatic carboxylic acids is 1. The number of nitrogens with one attached hydrogen (secondary N) is 4. The second-order valence-electron chi connectivity index (χ2n) is 8.44. The maximum absolute atomic E-state index is 12.5. The first-order valence-electron chi connectivity index (χ1n) is 11.3. The molecule has 35 heavy (non-hydrogen) atoms. The molecule has 8 atom stereocenters. The Bertz CT molecular complexity index is 703. The molecule has 0 aromatic carbocycles. The number of alkyl halides is 1. The average molecular weight is 529 g/mol. The molecule has 10 N–H and O–H groups in total.